The highest BCUT2D eigenvalue weighted by molar-refractivity contribution is 5.91. The monoisotopic (exact) mass is 232 g/mol. The zero-order valence-electron chi connectivity index (χ0n) is 9.34. The second-order valence-corrected chi connectivity index (χ2v) is 3.47. The first-order valence-corrected chi connectivity index (χ1v) is 5.13. The molecule has 0 saturated heterocycles. The van der Waals surface area contributed by atoms with Crippen LogP contribution in [0.2, 0.25) is 0 Å². The Morgan fingerprint density at radius 2 is 2.18 bits per heavy atom. The molecule has 17 heavy (non-hydrogen) atoms. The van der Waals surface area contributed by atoms with Crippen LogP contribution in [0.15, 0.2) is 41.1 Å². The van der Waals surface area contributed by atoms with Gasteiger partial charge in [-0.25, -0.2) is 10.5 Å². The van der Waals surface area contributed by atoms with Crippen LogP contribution in [0.1, 0.15) is 21.8 Å². The largest absolute Gasteiger partial charge is 0.438 e. The molecule has 0 bridgehead atoms. The van der Waals surface area contributed by atoms with Crippen LogP contribution in [0, 0.1) is 6.92 Å². The Hall–Kier alpha value is -2.14. The normalized spacial score (nSPS) is 10.2. The van der Waals surface area contributed by atoms with Crippen molar-refractivity contribution in [3.05, 3.63) is 53.7 Å². The molecule has 0 fully saturated rings. The molecule has 0 aliphatic heterocycles. The summed E-state index contributed by atoms with van der Waals surface area (Å²) in [6.07, 6.45) is 1.22. The number of aryl methyl sites for hydroxylation is 1. The lowest BCUT2D eigenvalue weighted by Crippen LogP contribution is -2.23. The van der Waals surface area contributed by atoms with Crippen molar-refractivity contribution >= 4 is 5.91 Å². The molecule has 2 aromatic rings. The lowest BCUT2D eigenvalue weighted by Gasteiger charge is -2.04. The maximum absolute atomic E-state index is 11.5. The van der Waals surface area contributed by atoms with E-state index in [0.29, 0.717) is 12.3 Å². The third-order valence-corrected chi connectivity index (χ3v) is 2.20. The van der Waals surface area contributed by atoms with Crippen LogP contribution in [-0.4, -0.2) is 10.9 Å². The molecule has 0 saturated carbocycles. The summed E-state index contributed by atoms with van der Waals surface area (Å²) in [6.45, 7) is 2.00. The summed E-state index contributed by atoms with van der Waals surface area (Å²) in [6, 6.07) is 9.54. The van der Waals surface area contributed by atoms with E-state index in [1.54, 1.807) is 6.92 Å². The molecular formula is C12H12N2O3. The lowest BCUT2D eigenvalue weighted by atomic mass is 10.2. The molecule has 88 valence electrons. The number of oxazole rings is 1. The van der Waals surface area contributed by atoms with E-state index in [-0.39, 0.29) is 5.76 Å². The number of hydrogen-bond acceptors (Lipinski definition) is 4. The highest BCUT2D eigenvalue weighted by Gasteiger charge is 2.13. The van der Waals surface area contributed by atoms with Gasteiger partial charge in [0.1, 0.15) is 0 Å². The van der Waals surface area contributed by atoms with Crippen LogP contribution >= 0.6 is 0 Å². The summed E-state index contributed by atoms with van der Waals surface area (Å²) in [5, 5.41) is 0. The van der Waals surface area contributed by atoms with Gasteiger partial charge in [-0.15, -0.1) is 0 Å². The number of rotatable bonds is 4. The first kappa shape index (κ1) is 11.3. The number of hydrogen-bond donors (Lipinski definition) is 1. The number of amides is 1. The topological polar surface area (TPSA) is 64.4 Å². The summed E-state index contributed by atoms with van der Waals surface area (Å²) in [4.78, 5) is 20.4. The molecule has 1 heterocycles. The summed E-state index contributed by atoms with van der Waals surface area (Å²) in [5.74, 6) is -0.269. The van der Waals surface area contributed by atoms with Crippen LogP contribution in [0.25, 0.3) is 0 Å². The maximum Gasteiger partial charge on any atom is 0.312 e. The molecule has 1 amide bonds. The molecule has 2 rings (SSSR count). The molecule has 0 spiro atoms. The minimum atomic E-state index is -0.434. The quantitative estimate of drug-likeness (QED) is 0.817. The van der Waals surface area contributed by atoms with E-state index < -0.39 is 5.91 Å². The Bertz CT molecular complexity index is 493. The molecule has 0 aliphatic carbocycles. The molecule has 5 heteroatoms. The predicted molar refractivity (Wildman–Crippen MR) is 59.9 cm³/mol. The highest BCUT2D eigenvalue weighted by atomic mass is 16.7. The summed E-state index contributed by atoms with van der Waals surface area (Å²) in [5.41, 5.74) is 3.81. The van der Waals surface area contributed by atoms with Crippen molar-refractivity contribution in [3.63, 3.8) is 0 Å². The molecule has 0 aliphatic rings. The van der Waals surface area contributed by atoms with Crippen molar-refractivity contribution in [1.82, 2.24) is 10.5 Å². The molecule has 5 nitrogen and oxygen atoms in total. The average molecular weight is 232 g/mol. The molecule has 0 atom stereocenters. The number of benzene rings is 1. The zero-order chi connectivity index (χ0) is 12.1. The average Bonchev–Trinajstić information content (AvgIpc) is 2.77. The van der Waals surface area contributed by atoms with Gasteiger partial charge in [0, 0.05) is 0 Å². The third-order valence-electron chi connectivity index (χ3n) is 2.20. The number of carbonyl (C=O) groups excluding carboxylic acids is 1. The second kappa shape index (κ2) is 5.27. The minimum absolute atomic E-state index is 0.165. The van der Waals surface area contributed by atoms with E-state index in [4.69, 9.17) is 9.25 Å². The van der Waals surface area contributed by atoms with Gasteiger partial charge >= 0.3 is 5.91 Å². The van der Waals surface area contributed by atoms with Crippen molar-refractivity contribution in [3.8, 4) is 0 Å². The Balaban J connectivity index is 1.84. The highest BCUT2D eigenvalue weighted by Crippen LogP contribution is 2.05. The Morgan fingerprint density at radius 1 is 1.41 bits per heavy atom. The number of hydroxylamine groups is 1. The molecule has 1 aromatic heterocycles. The van der Waals surface area contributed by atoms with Gasteiger partial charge in [-0.1, -0.05) is 30.3 Å². The molecule has 0 unspecified atom stereocenters. The van der Waals surface area contributed by atoms with Gasteiger partial charge in [-0.05, 0) is 12.5 Å². The van der Waals surface area contributed by atoms with Crippen molar-refractivity contribution in [2.45, 2.75) is 13.5 Å². The van der Waals surface area contributed by atoms with Crippen molar-refractivity contribution in [2.75, 3.05) is 0 Å². The SMILES string of the molecule is Cc1ncoc1C(=O)NOCc1ccccc1. The Labute approximate surface area is 98.4 Å². The molecular weight excluding hydrogens is 220 g/mol. The first-order chi connectivity index (χ1) is 8.27. The van der Waals surface area contributed by atoms with Gasteiger partial charge in [0.2, 0.25) is 5.76 Å². The maximum atomic E-state index is 11.5. The van der Waals surface area contributed by atoms with Gasteiger partial charge in [0.05, 0.1) is 12.3 Å². The molecule has 1 aromatic carbocycles. The number of carbonyl (C=O) groups is 1. The van der Waals surface area contributed by atoms with Crippen LogP contribution < -0.4 is 5.48 Å². The van der Waals surface area contributed by atoms with E-state index in [1.807, 2.05) is 30.3 Å². The van der Waals surface area contributed by atoms with E-state index >= 15 is 0 Å². The summed E-state index contributed by atoms with van der Waals surface area (Å²) < 4.78 is 4.93. The van der Waals surface area contributed by atoms with Crippen LogP contribution in [0.4, 0.5) is 0 Å². The van der Waals surface area contributed by atoms with Gasteiger partial charge < -0.3 is 4.42 Å². The van der Waals surface area contributed by atoms with Crippen LogP contribution in [0.5, 0.6) is 0 Å². The molecule has 1 N–H and O–H groups in total. The summed E-state index contributed by atoms with van der Waals surface area (Å²) >= 11 is 0. The first-order valence-electron chi connectivity index (χ1n) is 5.13. The molecule has 0 radical (unpaired) electrons. The Morgan fingerprint density at radius 3 is 2.82 bits per heavy atom. The van der Waals surface area contributed by atoms with E-state index in [9.17, 15) is 4.79 Å². The Kier molecular flexibility index (Phi) is 3.52. The standard InChI is InChI=1S/C12H12N2O3/c1-9-11(16-8-13-9)12(15)14-17-7-10-5-3-2-4-6-10/h2-6,8H,7H2,1H3,(H,14,15). The zero-order valence-corrected chi connectivity index (χ0v) is 9.34. The van der Waals surface area contributed by atoms with E-state index in [0.717, 1.165) is 5.56 Å². The minimum Gasteiger partial charge on any atom is -0.438 e. The third kappa shape index (κ3) is 2.92. The predicted octanol–water partition coefficient (Wildman–Crippen LogP) is 1.84. The number of nitrogens with one attached hydrogen (secondary N) is 1. The fourth-order valence-electron chi connectivity index (χ4n) is 1.33. The summed E-state index contributed by atoms with van der Waals surface area (Å²) in [7, 11) is 0. The van der Waals surface area contributed by atoms with Crippen molar-refractivity contribution in [1.29, 1.82) is 0 Å². The van der Waals surface area contributed by atoms with E-state index in [1.165, 1.54) is 6.39 Å². The number of aromatic nitrogens is 1. The van der Waals surface area contributed by atoms with Crippen molar-refractivity contribution in [2.24, 2.45) is 0 Å². The van der Waals surface area contributed by atoms with Crippen molar-refractivity contribution < 1.29 is 14.0 Å². The van der Waals surface area contributed by atoms with Gasteiger partial charge in [-0.2, -0.15) is 0 Å². The lowest BCUT2D eigenvalue weighted by molar-refractivity contribution is 0.0211. The van der Waals surface area contributed by atoms with Gasteiger partial charge in [0.15, 0.2) is 6.39 Å². The van der Waals surface area contributed by atoms with Gasteiger partial charge in [-0.3, -0.25) is 9.63 Å². The fraction of sp³-hybridized carbons (Fsp3) is 0.167. The van der Waals surface area contributed by atoms with Crippen LogP contribution in [0.3, 0.4) is 0 Å². The van der Waals surface area contributed by atoms with Crippen LogP contribution in [-0.2, 0) is 11.4 Å². The smallest absolute Gasteiger partial charge is 0.312 e. The fourth-order valence-corrected chi connectivity index (χ4v) is 1.33. The number of nitrogens with zero attached hydrogens (tertiary/aromatic N) is 1. The second-order valence-electron chi connectivity index (χ2n) is 3.47. The van der Waals surface area contributed by atoms with Gasteiger partial charge in [0.25, 0.3) is 0 Å². The van der Waals surface area contributed by atoms with E-state index in [2.05, 4.69) is 10.5 Å².